The van der Waals surface area contributed by atoms with E-state index in [1.54, 1.807) is 36.1 Å². The average Bonchev–Trinajstić information content (AvgIpc) is 3.34. The van der Waals surface area contributed by atoms with E-state index < -0.39 is 34.0 Å². The number of pyridine rings is 1. The van der Waals surface area contributed by atoms with Crippen LogP contribution in [0.15, 0.2) is 53.6 Å². The molecular formula is C26H24F2N4O5S2. The molecule has 0 spiro atoms. The maximum Gasteiger partial charge on any atom is 0.269 e. The third kappa shape index (κ3) is 4.08. The van der Waals surface area contributed by atoms with Gasteiger partial charge in [-0.05, 0) is 37.3 Å². The molecular weight excluding hydrogens is 550 g/mol. The highest BCUT2D eigenvalue weighted by Crippen LogP contribution is 2.43. The molecule has 0 atom stereocenters. The van der Waals surface area contributed by atoms with E-state index in [2.05, 4.69) is 4.98 Å². The normalized spacial score (nSPS) is 13.6. The van der Waals surface area contributed by atoms with Crippen molar-refractivity contribution in [2.45, 2.75) is 25.0 Å². The zero-order valence-electron chi connectivity index (χ0n) is 21.2. The number of aliphatic hydroxyl groups excluding tert-OH is 1. The minimum absolute atomic E-state index is 0.0312. The van der Waals surface area contributed by atoms with Crippen LogP contribution in [-0.4, -0.2) is 48.4 Å². The number of thiocarbonyl (C=S) groups is 1. The molecule has 0 saturated heterocycles. The van der Waals surface area contributed by atoms with Gasteiger partial charge in [0.05, 0.1) is 43.6 Å². The number of ether oxygens (including phenoxy) is 2. The van der Waals surface area contributed by atoms with Gasteiger partial charge >= 0.3 is 0 Å². The highest BCUT2D eigenvalue weighted by molar-refractivity contribution is 7.90. The van der Waals surface area contributed by atoms with E-state index in [0.717, 1.165) is 10.0 Å². The van der Waals surface area contributed by atoms with Crippen molar-refractivity contribution >= 4 is 49.8 Å². The van der Waals surface area contributed by atoms with E-state index in [1.165, 1.54) is 37.4 Å². The van der Waals surface area contributed by atoms with Crippen LogP contribution in [0.25, 0.3) is 11.0 Å². The SMILES string of the molecule is CCN1C(=S)N(c2c(F)c(OC)cc(OC)c2F)Cc2cnc3c(cc(CO)n3S(=O)(=O)c3ccccc3)c21. The van der Waals surface area contributed by atoms with Crippen molar-refractivity contribution in [3.8, 4) is 11.5 Å². The second kappa shape index (κ2) is 10.1. The molecule has 39 heavy (non-hydrogen) atoms. The van der Waals surface area contributed by atoms with Gasteiger partial charge in [0.2, 0.25) is 0 Å². The Morgan fingerprint density at radius 3 is 2.26 bits per heavy atom. The molecule has 1 aliphatic rings. The highest BCUT2D eigenvalue weighted by Gasteiger charge is 2.36. The minimum Gasteiger partial charge on any atom is -0.493 e. The Labute approximate surface area is 228 Å². The third-order valence-corrected chi connectivity index (χ3v) is 8.74. The van der Waals surface area contributed by atoms with Crippen LogP contribution >= 0.6 is 12.2 Å². The highest BCUT2D eigenvalue weighted by atomic mass is 32.2. The number of fused-ring (bicyclic) bond motifs is 3. The number of methoxy groups -OCH3 is 2. The second-order valence-corrected chi connectivity index (χ2v) is 10.8. The Kier molecular flexibility index (Phi) is 6.91. The van der Waals surface area contributed by atoms with Crippen molar-refractivity contribution in [2.75, 3.05) is 30.6 Å². The lowest BCUT2D eigenvalue weighted by molar-refractivity contribution is 0.276. The molecule has 2 aromatic carbocycles. The minimum atomic E-state index is -4.10. The van der Waals surface area contributed by atoms with E-state index in [9.17, 15) is 13.5 Å². The monoisotopic (exact) mass is 574 g/mol. The van der Waals surface area contributed by atoms with Gasteiger partial charge in [-0.2, -0.15) is 0 Å². The molecule has 4 aromatic rings. The lowest BCUT2D eigenvalue weighted by Gasteiger charge is -2.39. The van der Waals surface area contributed by atoms with Gasteiger partial charge in [0.15, 0.2) is 33.9 Å². The summed E-state index contributed by atoms with van der Waals surface area (Å²) in [6, 6.07) is 10.5. The summed E-state index contributed by atoms with van der Waals surface area (Å²) in [7, 11) is -1.59. The molecule has 3 heterocycles. The fourth-order valence-electron chi connectivity index (χ4n) is 4.77. The van der Waals surface area contributed by atoms with Gasteiger partial charge in [-0.1, -0.05) is 18.2 Å². The Morgan fingerprint density at radius 2 is 1.69 bits per heavy atom. The van der Waals surface area contributed by atoms with Crippen molar-refractivity contribution in [3.63, 3.8) is 0 Å². The van der Waals surface area contributed by atoms with Crippen LogP contribution in [-0.2, 0) is 23.2 Å². The van der Waals surface area contributed by atoms with Crippen molar-refractivity contribution in [1.29, 1.82) is 0 Å². The van der Waals surface area contributed by atoms with Crippen LogP contribution in [0.3, 0.4) is 0 Å². The summed E-state index contributed by atoms with van der Waals surface area (Å²) in [6.45, 7) is 1.45. The standard InChI is InChI=1S/C26H24F2N4O5S2/c1-4-30-23-15(13-31(26(30)38)24-21(27)19(36-2)11-20(37-3)22(24)28)12-29-25-18(23)10-16(14-33)32(25)39(34,35)17-8-6-5-7-9-17/h5-12,33H,4,13-14H2,1-3H3. The number of aromatic nitrogens is 2. The molecule has 1 N–H and O–H groups in total. The van der Waals surface area contributed by atoms with Crippen LogP contribution in [0.2, 0.25) is 0 Å². The van der Waals surface area contributed by atoms with Gasteiger partial charge in [-0.3, -0.25) is 0 Å². The molecule has 0 unspecified atom stereocenters. The molecule has 204 valence electrons. The van der Waals surface area contributed by atoms with E-state index in [0.29, 0.717) is 16.6 Å². The number of benzene rings is 2. The van der Waals surface area contributed by atoms with Gasteiger partial charge in [-0.15, -0.1) is 0 Å². The molecule has 0 fully saturated rings. The number of aliphatic hydroxyl groups is 1. The summed E-state index contributed by atoms with van der Waals surface area (Å²) >= 11 is 5.71. The average molecular weight is 575 g/mol. The fourth-order valence-corrected chi connectivity index (χ4v) is 6.65. The molecule has 0 saturated carbocycles. The van der Waals surface area contributed by atoms with Crippen molar-refractivity contribution in [2.24, 2.45) is 0 Å². The largest absolute Gasteiger partial charge is 0.493 e. The summed E-state index contributed by atoms with van der Waals surface area (Å²) in [4.78, 5) is 7.39. The summed E-state index contributed by atoms with van der Waals surface area (Å²) in [5, 5.41) is 10.6. The smallest absolute Gasteiger partial charge is 0.269 e. The summed E-state index contributed by atoms with van der Waals surface area (Å²) in [6.07, 6.45) is 1.44. The first kappa shape index (κ1) is 26.8. The molecule has 0 radical (unpaired) electrons. The van der Waals surface area contributed by atoms with Gasteiger partial charge < -0.3 is 24.4 Å². The van der Waals surface area contributed by atoms with E-state index >= 15 is 8.78 Å². The molecule has 0 amide bonds. The molecule has 0 aliphatic carbocycles. The molecule has 2 aromatic heterocycles. The number of nitrogens with zero attached hydrogens (tertiary/aromatic N) is 4. The van der Waals surface area contributed by atoms with E-state index in [1.807, 2.05) is 0 Å². The van der Waals surface area contributed by atoms with E-state index in [4.69, 9.17) is 21.7 Å². The van der Waals surface area contributed by atoms with Gasteiger partial charge in [0, 0.05) is 29.8 Å². The lowest BCUT2D eigenvalue weighted by atomic mass is 10.1. The summed E-state index contributed by atoms with van der Waals surface area (Å²) in [5.41, 5.74) is 0.833. The summed E-state index contributed by atoms with van der Waals surface area (Å²) in [5.74, 6) is -2.34. The molecule has 5 rings (SSSR count). The van der Waals surface area contributed by atoms with Crippen molar-refractivity contribution in [1.82, 2.24) is 8.96 Å². The number of hydrogen-bond acceptors (Lipinski definition) is 7. The number of halogens is 2. The van der Waals surface area contributed by atoms with Gasteiger partial charge in [-0.25, -0.2) is 26.2 Å². The number of hydrogen-bond donors (Lipinski definition) is 1. The number of rotatable bonds is 7. The van der Waals surface area contributed by atoms with Crippen LogP contribution in [0.5, 0.6) is 11.5 Å². The fraction of sp³-hybridized carbons (Fsp3) is 0.231. The zero-order valence-corrected chi connectivity index (χ0v) is 22.8. The molecule has 13 heteroatoms. The van der Waals surface area contributed by atoms with Crippen LogP contribution in [0.1, 0.15) is 18.2 Å². The Hall–Kier alpha value is -3.81. The Bertz CT molecular complexity index is 1680. The van der Waals surface area contributed by atoms with Crippen LogP contribution in [0, 0.1) is 11.6 Å². The maximum absolute atomic E-state index is 15.4. The maximum atomic E-state index is 15.4. The molecule has 0 bridgehead atoms. The molecule has 9 nitrogen and oxygen atoms in total. The first-order valence-corrected chi connectivity index (χ1v) is 13.7. The first-order valence-electron chi connectivity index (χ1n) is 11.8. The van der Waals surface area contributed by atoms with Crippen LogP contribution in [0.4, 0.5) is 20.2 Å². The lowest BCUT2D eigenvalue weighted by Crippen LogP contribution is -2.48. The Morgan fingerprint density at radius 1 is 1.05 bits per heavy atom. The predicted molar refractivity (Wildman–Crippen MR) is 146 cm³/mol. The zero-order chi connectivity index (χ0) is 28.1. The van der Waals surface area contributed by atoms with Crippen LogP contribution < -0.4 is 19.3 Å². The predicted octanol–water partition coefficient (Wildman–Crippen LogP) is 4.19. The quantitative estimate of drug-likeness (QED) is 0.326. The van der Waals surface area contributed by atoms with E-state index in [-0.39, 0.29) is 45.9 Å². The molecule has 1 aliphatic heterocycles. The number of anilines is 2. The van der Waals surface area contributed by atoms with Gasteiger partial charge in [0.1, 0.15) is 5.69 Å². The van der Waals surface area contributed by atoms with Gasteiger partial charge in [0.25, 0.3) is 10.0 Å². The topological polar surface area (TPSA) is 97.1 Å². The van der Waals surface area contributed by atoms with Crippen molar-refractivity contribution < 1.29 is 31.8 Å². The third-order valence-electron chi connectivity index (χ3n) is 6.55. The Balaban J connectivity index is 1.73. The van der Waals surface area contributed by atoms with Crippen molar-refractivity contribution in [3.05, 3.63) is 71.6 Å². The second-order valence-electron chi connectivity index (χ2n) is 8.62. The summed E-state index contributed by atoms with van der Waals surface area (Å²) < 4.78 is 69.1. The first-order chi connectivity index (χ1) is 18.7.